The van der Waals surface area contributed by atoms with Crippen molar-refractivity contribution in [3.05, 3.63) is 17.0 Å². The highest BCUT2D eigenvalue weighted by molar-refractivity contribution is 6.29. The van der Waals surface area contributed by atoms with Gasteiger partial charge in [-0.25, -0.2) is 9.97 Å². The number of anilines is 1. The second kappa shape index (κ2) is 5.02. The van der Waals surface area contributed by atoms with Crippen LogP contribution in [-0.4, -0.2) is 46.6 Å². The number of piperazine rings is 1. The lowest BCUT2D eigenvalue weighted by molar-refractivity contribution is 0.128. The molecule has 2 heterocycles. The minimum Gasteiger partial charge on any atom is -0.354 e. The van der Waals surface area contributed by atoms with Gasteiger partial charge in [0.05, 0.1) is 0 Å². The zero-order valence-corrected chi connectivity index (χ0v) is 12.3. The van der Waals surface area contributed by atoms with E-state index in [4.69, 9.17) is 11.6 Å². The van der Waals surface area contributed by atoms with Gasteiger partial charge in [-0.1, -0.05) is 11.6 Å². The maximum atomic E-state index is 5.98. The van der Waals surface area contributed by atoms with Crippen LogP contribution < -0.4 is 4.90 Å². The summed E-state index contributed by atoms with van der Waals surface area (Å²) >= 11 is 5.98. The maximum absolute atomic E-state index is 5.98. The van der Waals surface area contributed by atoms with E-state index in [0.29, 0.717) is 5.15 Å². The lowest BCUT2D eigenvalue weighted by atomic mass is 10.1. The van der Waals surface area contributed by atoms with E-state index < -0.39 is 0 Å². The summed E-state index contributed by atoms with van der Waals surface area (Å²) in [4.78, 5) is 13.3. The van der Waals surface area contributed by atoms with Gasteiger partial charge in [0.2, 0.25) is 0 Å². The Morgan fingerprint density at radius 2 is 1.72 bits per heavy atom. The number of hydrogen-bond acceptors (Lipinski definition) is 4. The molecule has 1 fully saturated rings. The monoisotopic (exact) mass is 268 g/mol. The van der Waals surface area contributed by atoms with Crippen molar-refractivity contribution < 1.29 is 0 Å². The number of halogens is 1. The van der Waals surface area contributed by atoms with Crippen molar-refractivity contribution in [1.29, 1.82) is 0 Å². The molecule has 2 rings (SSSR count). The second-order valence-electron chi connectivity index (χ2n) is 5.74. The molecule has 1 aromatic heterocycles. The first-order chi connectivity index (χ1) is 8.36. The zero-order valence-electron chi connectivity index (χ0n) is 11.6. The van der Waals surface area contributed by atoms with Gasteiger partial charge in [-0.15, -0.1) is 0 Å². The molecule has 0 saturated carbocycles. The van der Waals surface area contributed by atoms with Gasteiger partial charge in [0.25, 0.3) is 0 Å². The van der Waals surface area contributed by atoms with Gasteiger partial charge < -0.3 is 4.90 Å². The van der Waals surface area contributed by atoms with Crippen LogP contribution >= 0.6 is 11.6 Å². The van der Waals surface area contributed by atoms with Gasteiger partial charge in [-0.05, 0) is 27.7 Å². The van der Waals surface area contributed by atoms with Gasteiger partial charge in [0, 0.05) is 37.8 Å². The number of aromatic nitrogens is 2. The summed E-state index contributed by atoms with van der Waals surface area (Å²) < 4.78 is 0. The Morgan fingerprint density at radius 1 is 1.11 bits per heavy atom. The molecule has 0 bridgehead atoms. The van der Waals surface area contributed by atoms with Gasteiger partial charge in [-0.3, -0.25) is 4.90 Å². The van der Waals surface area contributed by atoms with Crippen LogP contribution in [0.25, 0.3) is 0 Å². The van der Waals surface area contributed by atoms with Crippen molar-refractivity contribution in [2.24, 2.45) is 0 Å². The van der Waals surface area contributed by atoms with Crippen molar-refractivity contribution in [1.82, 2.24) is 14.9 Å². The summed E-state index contributed by atoms with van der Waals surface area (Å²) in [5.74, 6) is 1.68. The van der Waals surface area contributed by atoms with Gasteiger partial charge in [-0.2, -0.15) is 0 Å². The minimum absolute atomic E-state index is 0.241. The third kappa shape index (κ3) is 3.12. The highest BCUT2D eigenvalue weighted by Crippen LogP contribution is 2.21. The fourth-order valence-electron chi connectivity index (χ4n) is 2.28. The van der Waals surface area contributed by atoms with Gasteiger partial charge in [0.15, 0.2) is 0 Å². The average Bonchev–Trinajstić information content (AvgIpc) is 2.27. The molecule has 0 spiro atoms. The first-order valence-corrected chi connectivity index (χ1v) is 6.75. The molecular formula is C13H21ClN4. The third-order valence-electron chi connectivity index (χ3n) is 3.35. The van der Waals surface area contributed by atoms with Crippen molar-refractivity contribution >= 4 is 17.4 Å². The van der Waals surface area contributed by atoms with Crippen LogP contribution in [-0.2, 0) is 0 Å². The molecule has 0 N–H and O–H groups in total. The van der Waals surface area contributed by atoms with E-state index in [-0.39, 0.29) is 5.54 Å². The lowest BCUT2D eigenvalue weighted by Crippen LogP contribution is -2.53. The van der Waals surface area contributed by atoms with E-state index in [1.54, 1.807) is 0 Å². The topological polar surface area (TPSA) is 32.3 Å². The van der Waals surface area contributed by atoms with Crippen LogP contribution in [0, 0.1) is 6.92 Å². The third-order valence-corrected chi connectivity index (χ3v) is 3.54. The van der Waals surface area contributed by atoms with Crippen molar-refractivity contribution in [3.8, 4) is 0 Å². The Morgan fingerprint density at radius 3 is 2.22 bits per heavy atom. The van der Waals surface area contributed by atoms with Crippen molar-refractivity contribution in [3.63, 3.8) is 0 Å². The molecule has 5 heteroatoms. The highest BCUT2D eigenvalue weighted by Gasteiger charge is 2.26. The van der Waals surface area contributed by atoms with E-state index in [9.17, 15) is 0 Å². The molecule has 0 amide bonds. The number of aryl methyl sites for hydroxylation is 1. The summed E-state index contributed by atoms with van der Waals surface area (Å²) in [6.07, 6.45) is 0. The molecule has 1 aromatic rings. The predicted molar refractivity (Wildman–Crippen MR) is 75.3 cm³/mol. The molecule has 1 saturated heterocycles. The van der Waals surface area contributed by atoms with Crippen LogP contribution in [0.4, 0.5) is 5.82 Å². The van der Waals surface area contributed by atoms with E-state index in [1.165, 1.54) is 0 Å². The largest absolute Gasteiger partial charge is 0.354 e. The van der Waals surface area contributed by atoms with Crippen LogP contribution in [0.2, 0.25) is 5.15 Å². The summed E-state index contributed by atoms with van der Waals surface area (Å²) in [6, 6.07) is 1.85. The molecule has 1 aliphatic rings. The molecule has 1 aliphatic heterocycles. The molecule has 0 radical (unpaired) electrons. The van der Waals surface area contributed by atoms with E-state index >= 15 is 0 Å². The first-order valence-electron chi connectivity index (χ1n) is 6.37. The summed E-state index contributed by atoms with van der Waals surface area (Å²) in [6.45, 7) is 12.8. The fraction of sp³-hybridized carbons (Fsp3) is 0.692. The Kier molecular flexibility index (Phi) is 3.78. The molecule has 0 aliphatic carbocycles. The van der Waals surface area contributed by atoms with Crippen LogP contribution in [0.3, 0.4) is 0 Å². The van der Waals surface area contributed by atoms with E-state index in [2.05, 4.69) is 40.5 Å². The fourth-order valence-corrected chi connectivity index (χ4v) is 2.50. The molecule has 0 atom stereocenters. The lowest BCUT2D eigenvalue weighted by Gasteiger charge is -2.42. The molecule has 0 aromatic carbocycles. The van der Waals surface area contributed by atoms with E-state index in [0.717, 1.165) is 37.8 Å². The Labute approximate surface area is 114 Å². The molecule has 100 valence electrons. The van der Waals surface area contributed by atoms with E-state index in [1.807, 2.05) is 13.0 Å². The van der Waals surface area contributed by atoms with Crippen LogP contribution in [0.1, 0.15) is 26.6 Å². The Hall–Kier alpha value is -0.870. The van der Waals surface area contributed by atoms with Crippen molar-refractivity contribution in [2.45, 2.75) is 33.2 Å². The van der Waals surface area contributed by atoms with Gasteiger partial charge in [0.1, 0.15) is 16.8 Å². The summed E-state index contributed by atoms with van der Waals surface area (Å²) in [5.41, 5.74) is 0.241. The Bertz CT molecular complexity index is 399. The first kappa shape index (κ1) is 13.6. The smallest absolute Gasteiger partial charge is 0.134 e. The summed E-state index contributed by atoms with van der Waals surface area (Å²) in [5, 5.41) is 0.524. The highest BCUT2D eigenvalue weighted by atomic mass is 35.5. The zero-order chi connectivity index (χ0) is 13.3. The van der Waals surface area contributed by atoms with Crippen LogP contribution in [0.15, 0.2) is 6.07 Å². The number of nitrogens with zero attached hydrogens (tertiary/aromatic N) is 4. The molecular weight excluding hydrogens is 248 g/mol. The SMILES string of the molecule is Cc1nc(Cl)cc(N2CCN(C(C)(C)C)CC2)n1. The maximum Gasteiger partial charge on any atom is 0.134 e. The van der Waals surface area contributed by atoms with Crippen LogP contribution in [0.5, 0.6) is 0 Å². The number of hydrogen-bond donors (Lipinski definition) is 0. The Balaban J connectivity index is 2.05. The minimum atomic E-state index is 0.241. The molecule has 4 nitrogen and oxygen atoms in total. The molecule has 18 heavy (non-hydrogen) atoms. The quantitative estimate of drug-likeness (QED) is 0.732. The molecule has 0 unspecified atom stereocenters. The standard InChI is InChI=1S/C13H21ClN4/c1-10-15-11(14)9-12(16-10)17-5-7-18(8-6-17)13(2,3)4/h9H,5-8H2,1-4H3. The van der Waals surface area contributed by atoms with Crippen molar-refractivity contribution in [2.75, 3.05) is 31.1 Å². The number of rotatable bonds is 1. The normalized spacial score (nSPS) is 18.2. The van der Waals surface area contributed by atoms with Gasteiger partial charge >= 0.3 is 0 Å². The summed E-state index contributed by atoms with van der Waals surface area (Å²) in [7, 11) is 0. The average molecular weight is 269 g/mol. The predicted octanol–water partition coefficient (Wildman–Crippen LogP) is 2.36. The second-order valence-corrected chi connectivity index (χ2v) is 6.13.